The summed E-state index contributed by atoms with van der Waals surface area (Å²) < 4.78 is 48.2. The quantitative estimate of drug-likeness (QED) is 0.0104. The molecule has 0 unspecified atom stereocenters. The van der Waals surface area contributed by atoms with Gasteiger partial charge >= 0.3 is 71.1 Å². The van der Waals surface area contributed by atoms with Crippen molar-refractivity contribution in [1.82, 2.24) is 0 Å². The number of ether oxygens (including phenoxy) is 9. The second-order valence-electron chi connectivity index (χ2n) is 23.3. The van der Waals surface area contributed by atoms with Crippen molar-refractivity contribution in [3.8, 4) is 17.2 Å². The lowest BCUT2D eigenvalue weighted by Gasteiger charge is -2.34. The molecule has 494 valence electrons. The van der Waals surface area contributed by atoms with E-state index in [1.165, 1.54) is 72.8 Å². The number of rotatable bonds is 33. The van der Waals surface area contributed by atoms with Crippen LogP contribution in [-0.4, -0.2) is 212 Å². The molecule has 0 amide bonds. The van der Waals surface area contributed by atoms with E-state index in [9.17, 15) is 104 Å². The highest BCUT2D eigenvalue weighted by Gasteiger charge is 2.54. The van der Waals surface area contributed by atoms with E-state index in [-0.39, 0.29) is 17.2 Å². The third kappa shape index (κ3) is 16.6. The van der Waals surface area contributed by atoms with Crippen LogP contribution in [0.15, 0.2) is 72.8 Å². The Hall–Kier alpha value is -7.59. The number of carbonyl (C=O) groups excluding carboxylic acids is 9. The number of aliphatic hydroxyl groups is 12. The maximum Gasteiger partial charge on any atom is 0.398 e. The average Bonchev–Trinajstić information content (AvgIpc) is 1.06. The zero-order valence-corrected chi connectivity index (χ0v) is 50.6. The van der Waals surface area contributed by atoms with E-state index < -0.39 is 188 Å². The highest BCUT2D eigenvalue weighted by atomic mass is 16.8. The van der Waals surface area contributed by atoms with Crippen molar-refractivity contribution in [3.05, 3.63) is 89.5 Å². The summed E-state index contributed by atoms with van der Waals surface area (Å²) in [5, 5.41) is 118. The molecule has 30 nitrogen and oxygen atoms in total. The standard InChI is InChI=1S/C59H78O30/c1-50(23-60,24-61)41(72)84-57(8,85-42(73)51(2,25-62)26-63)47(78)81-38-17-11-35(12-18-38)56(7,36-13-19-39(20-14-36)82-48(79)58(9,86-43(74)52(3,27-64)28-65)87-44(75)53(4,29-66)30-67)37-15-21-40(22-16-37)83-49(80)59(10,88-45(76)54(5,31-68)32-69)89-46(77)55(6,33-70)34-71/h11-22,60-71H,23-34H2,1-10H3. The fourth-order valence-electron chi connectivity index (χ4n) is 6.86. The summed E-state index contributed by atoms with van der Waals surface area (Å²) in [6, 6.07) is 15.8. The lowest BCUT2D eigenvalue weighted by molar-refractivity contribution is -0.242. The maximum atomic E-state index is 14.0. The minimum absolute atomic E-state index is 0.312. The first-order chi connectivity index (χ1) is 41.3. The molecule has 0 radical (unpaired) electrons. The van der Waals surface area contributed by atoms with Crippen LogP contribution in [0.3, 0.4) is 0 Å². The van der Waals surface area contributed by atoms with Crippen molar-refractivity contribution in [3.63, 3.8) is 0 Å². The highest BCUT2D eigenvalue weighted by Crippen LogP contribution is 2.42. The molecule has 0 aliphatic carbocycles. The van der Waals surface area contributed by atoms with Crippen LogP contribution in [0.1, 0.15) is 85.9 Å². The molecule has 0 atom stereocenters. The van der Waals surface area contributed by atoms with Gasteiger partial charge in [-0.2, -0.15) is 0 Å². The molecule has 3 aromatic rings. The van der Waals surface area contributed by atoms with Crippen LogP contribution in [-0.2, 0) is 77.0 Å². The summed E-state index contributed by atoms with van der Waals surface area (Å²) in [5.41, 5.74) is -12.9. The number of esters is 9. The summed E-state index contributed by atoms with van der Waals surface area (Å²) in [7, 11) is 0. The van der Waals surface area contributed by atoms with Crippen molar-refractivity contribution in [2.75, 3.05) is 79.3 Å². The summed E-state index contributed by atoms with van der Waals surface area (Å²) >= 11 is 0. The molecule has 0 bridgehead atoms. The van der Waals surface area contributed by atoms with E-state index >= 15 is 0 Å². The fraction of sp³-hybridized carbons (Fsp3) is 0.542. The second kappa shape index (κ2) is 29.8. The zero-order valence-electron chi connectivity index (χ0n) is 50.6. The fourth-order valence-corrected chi connectivity index (χ4v) is 6.86. The third-order valence-corrected chi connectivity index (χ3v) is 14.9. The van der Waals surface area contributed by atoms with Crippen molar-refractivity contribution in [2.24, 2.45) is 32.5 Å². The smallest absolute Gasteiger partial charge is 0.398 e. The molecule has 0 heterocycles. The summed E-state index contributed by atoms with van der Waals surface area (Å²) in [6.07, 6.45) is 0. The number of hydrogen-bond acceptors (Lipinski definition) is 30. The molecule has 0 aromatic heterocycles. The van der Waals surface area contributed by atoms with Gasteiger partial charge in [0.2, 0.25) is 0 Å². The lowest BCUT2D eigenvalue weighted by Crippen LogP contribution is -2.53. The molecule has 30 heteroatoms. The van der Waals surface area contributed by atoms with Crippen LogP contribution in [0.4, 0.5) is 0 Å². The topological polar surface area (TPSA) is 479 Å². The monoisotopic (exact) mass is 1270 g/mol. The van der Waals surface area contributed by atoms with Gasteiger partial charge in [-0.15, -0.1) is 0 Å². The Balaban J connectivity index is 2.28. The Morgan fingerprint density at radius 3 is 0.506 bits per heavy atom. The molecule has 12 N–H and O–H groups in total. The van der Waals surface area contributed by atoms with Crippen molar-refractivity contribution in [2.45, 2.75) is 92.0 Å². The van der Waals surface area contributed by atoms with E-state index in [0.717, 1.165) is 62.3 Å². The predicted octanol–water partition coefficient (Wildman–Crippen LogP) is -1.89. The third-order valence-electron chi connectivity index (χ3n) is 14.9. The first kappa shape index (κ1) is 75.7. The largest absolute Gasteiger partial charge is 0.421 e. The van der Waals surface area contributed by atoms with Crippen molar-refractivity contribution < 1.29 is 147 Å². The first-order valence-corrected chi connectivity index (χ1v) is 27.0. The van der Waals surface area contributed by atoms with Gasteiger partial charge in [0.25, 0.3) is 0 Å². The maximum absolute atomic E-state index is 14.0. The van der Waals surface area contributed by atoms with Gasteiger partial charge in [0.05, 0.1) is 79.3 Å². The second-order valence-corrected chi connectivity index (χ2v) is 23.3. The summed E-state index contributed by atoms with van der Waals surface area (Å²) in [6.45, 7) is -1.82. The van der Waals surface area contributed by atoms with Crippen LogP contribution in [0.25, 0.3) is 0 Å². The molecule has 0 aliphatic heterocycles. The summed E-state index contributed by atoms with van der Waals surface area (Å²) in [4.78, 5) is 122. The molecular weight excluding hydrogens is 1190 g/mol. The van der Waals surface area contributed by atoms with Crippen molar-refractivity contribution in [1.29, 1.82) is 0 Å². The zero-order chi connectivity index (χ0) is 68.0. The number of hydrogen-bond donors (Lipinski definition) is 12. The van der Waals surface area contributed by atoms with E-state index in [1.54, 1.807) is 6.92 Å². The molecular formula is C59H78O30. The summed E-state index contributed by atoms with van der Waals surface area (Å²) in [5.74, 6) is -23.4. The van der Waals surface area contributed by atoms with Crippen molar-refractivity contribution >= 4 is 53.7 Å². The Bertz CT molecular complexity index is 2550. The average molecular weight is 1270 g/mol. The van der Waals surface area contributed by atoms with Gasteiger partial charge in [-0.25, -0.2) is 14.4 Å². The minimum atomic E-state index is -3.02. The highest BCUT2D eigenvalue weighted by molar-refractivity contribution is 5.91. The first-order valence-electron chi connectivity index (χ1n) is 27.0. The normalized spacial score (nSPS) is 12.9. The van der Waals surface area contributed by atoms with Gasteiger partial charge in [-0.1, -0.05) is 36.4 Å². The Kier molecular flexibility index (Phi) is 25.3. The minimum Gasteiger partial charge on any atom is -0.421 e. The Morgan fingerprint density at radius 2 is 0.382 bits per heavy atom. The van der Waals surface area contributed by atoms with Crippen LogP contribution in [0.2, 0.25) is 0 Å². The van der Waals surface area contributed by atoms with Gasteiger partial charge in [0.1, 0.15) is 49.7 Å². The SMILES string of the molecule is CC(CO)(CO)C(=O)OC(C)(OC(=O)C(C)(CO)CO)C(=O)Oc1ccc(C(C)(c2ccc(OC(=O)C(C)(OC(=O)C(C)(CO)CO)OC(=O)C(C)(CO)CO)cc2)c2ccc(OC(=O)C(C)(OC(=O)C(C)(CO)CO)OC(=O)C(C)(CO)CO)cc2)cc1. The number of aliphatic hydroxyl groups excluding tert-OH is 12. The Morgan fingerprint density at radius 1 is 0.247 bits per heavy atom. The number of benzene rings is 3. The predicted molar refractivity (Wildman–Crippen MR) is 297 cm³/mol. The van der Waals surface area contributed by atoms with Gasteiger partial charge in [0, 0.05) is 26.2 Å². The van der Waals surface area contributed by atoms with Gasteiger partial charge < -0.3 is 104 Å². The molecule has 0 fully saturated rings. The molecule has 3 aromatic carbocycles. The van der Waals surface area contributed by atoms with Crippen LogP contribution < -0.4 is 14.2 Å². The van der Waals surface area contributed by atoms with E-state index in [4.69, 9.17) is 42.6 Å². The molecule has 0 spiro atoms. The van der Waals surface area contributed by atoms with Crippen LogP contribution >= 0.6 is 0 Å². The van der Waals surface area contributed by atoms with E-state index in [1.807, 2.05) is 0 Å². The molecule has 3 rings (SSSR count). The molecule has 0 aliphatic rings. The van der Waals surface area contributed by atoms with Gasteiger partial charge in [-0.3, -0.25) is 28.8 Å². The molecule has 0 saturated carbocycles. The Labute approximate surface area is 510 Å². The molecule has 89 heavy (non-hydrogen) atoms. The van der Waals surface area contributed by atoms with Gasteiger partial charge in [-0.05, 0) is 102 Å². The van der Waals surface area contributed by atoms with Crippen LogP contribution in [0.5, 0.6) is 17.2 Å². The van der Waals surface area contributed by atoms with Crippen LogP contribution in [0, 0.1) is 32.5 Å². The molecule has 0 saturated heterocycles. The van der Waals surface area contributed by atoms with Gasteiger partial charge in [0.15, 0.2) is 0 Å². The van der Waals surface area contributed by atoms with E-state index in [2.05, 4.69) is 0 Å². The number of carbonyl (C=O) groups is 9. The van der Waals surface area contributed by atoms with E-state index in [0.29, 0.717) is 16.7 Å². The lowest BCUT2D eigenvalue weighted by atomic mass is 9.71.